The summed E-state index contributed by atoms with van der Waals surface area (Å²) in [6, 6.07) is 0. The summed E-state index contributed by atoms with van der Waals surface area (Å²) in [5, 5.41) is 3.19. The molecule has 0 aliphatic rings. The van der Waals surface area contributed by atoms with Crippen molar-refractivity contribution in [3.8, 4) is 0 Å². The first kappa shape index (κ1) is 9.88. The molecule has 5 N–H and O–H groups in total. The summed E-state index contributed by atoms with van der Waals surface area (Å²) in [6.45, 7) is 3.84. The number of nitrogens with one attached hydrogen (secondary N) is 1. The molecule has 1 atom stereocenters. The molecule has 3 nitrogen and oxygen atoms in total. The number of rotatable bonds is 6. The van der Waals surface area contributed by atoms with Gasteiger partial charge in [0.25, 0.3) is 0 Å². The molecule has 0 aromatic heterocycles. The molecule has 0 aliphatic carbocycles. The largest absolute Gasteiger partial charge is 0.330 e. The molecule has 0 rings (SSSR count). The Bertz CT molecular complexity index is 65.9. The van der Waals surface area contributed by atoms with E-state index >= 15 is 0 Å². The van der Waals surface area contributed by atoms with Crippen LogP contribution in [0.4, 0.5) is 0 Å². The molecule has 0 spiro atoms. The molecule has 0 heterocycles. The SMILES string of the molecule is CCC(N)NCCCCN. The van der Waals surface area contributed by atoms with Gasteiger partial charge in [-0.3, -0.25) is 0 Å². The summed E-state index contributed by atoms with van der Waals surface area (Å²) < 4.78 is 0. The summed E-state index contributed by atoms with van der Waals surface area (Å²) in [4.78, 5) is 0. The first-order valence-corrected chi connectivity index (χ1v) is 4.00. The standard InChI is InChI=1S/C7H19N3/c1-2-7(9)10-6-4-3-5-8/h7,10H,2-6,8-9H2,1H3. The summed E-state index contributed by atoms with van der Waals surface area (Å²) in [6.07, 6.45) is 3.37. The van der Waals surface area contributed by atoms with Gasteiger partial charge in [-0.25, -0.2) is 0 Å². The maximum Gasteiger partial charge on any atom is 0.0543 e. The van der Waals surface area contributed by atoms with E-state index in [0.29, 0.717) is 0 Å². The van der Waals surface area contributed by atoms with Crippen LogP contribution in [-0.4, -0.2) is 19.3 Å². The van der Waals surface area contributed by atoms with Gasteiger partial charge in [-0.05, 0) is 32.4 Å². The van der Waals surface area contributed by atoms with Crippen LogP contribution in [0.5, 0.6) is 0 Å². The second kappa shape index (κ2) is 6.99. The van der Waals surface area contributed by atoms with E-state index in [1.54, 1.807) is 0 Å². The van der Waals surface area contributed by atoms with Crippen LogP contribution in [0.3, 0.4) is 0 Å². The molecule has 0 amide bonds. The molecule has 1 unspecified atom stereocenters. The van der Waals surface area contributed by atoms with Gasteiger partial charge in [0.1, 0.15) is 0 Å². The smallest absolute Gasteiger partial charge is 0.0543 e. The molecule has 0 aliphatic heterocycles. The van der Waals surface area contributed by atoms with Gasteiger partial charge < -0.3 is 16.8 Å². The lowest BCUT2D eigenvalue weighted by Gasteiger charge is -2.09. The van der Waals surface area contributed by atoms with E-state index in [4.69, 9.17) is 11.5 Å². The zero-order valence-electron chi connectivity index (χ0n) is 6.77. The Morgan fingerprint density at radius 2 is 2.10 bits per heavy atom. The monoisotopic (exact) mass is 145 g/mol. The van der Waals surface area contributed by atoms with Crippen molar-refractivity contribution in [2.24, 2.45) is 11.5 Å². The van der Waals surface area contributed by atoms with Crippen molar-refractivity contribution in [1.82, 2.24) is 5.32 Å². The molecule has 3 heteroatoms. The number of nitrogens with two attached hydrogens (primary N) is 2. The van der Waals surface area contributed by atoms with Crippen LogP contribution in [0.15, 0.2) is 0 Å². The first-order chi connectivity index (χ1) is 4.81. The molecular formula is C7H19N3. The van der Waals surface area contributed by atoms with Gasteiger partial charge in [0.05, 0.1) is 6.17 Å². The van der Waals surface area contributed by atoms with E-state index in [2.05, 4.69) is 12.2 Å². The minimum atomic E-state index is 0.165. The average molecular weight is 145 g/mol. The normalized spacial score (nSPS) is 13.5. The summed E-state index contributed by atoms with van der Waals surface area (Å²) in [5.41, 5.74) is 10.9. The molecular weight excluding hydrogens is 126 g/mol. The quantitative estimate of drug-likeness (QED) is 0.364. The van der Waals surface area contributed by atoms with Crippen LogP contribution in [0.2, 0.25) is 0 Å². The zero-order chi connectivity index (χ0) is 7.82. The minimum absolute atomic E-state index is 0.165. The van der Waals surface area contributed by atoms with Crippen LogP contribution in [0, 0.1) is 0 Å². The predicted molar refractivity (Wildman–Crippen MR) is 44.6 cm³/mol. The maximum atomic E-state index is 5.61. The highest BCUT2D eigenvalue weighted by atomic mass is 15.0. The van der Waals surface area contributed by atoms with Crippen molar-refractivity contribution in [2.75, 3.05) is 13.1 Å². The second-order valence-corrected chi connectivity index (χ2v) is 2.46. The minimum Gasteiger partial charge on any atom is -0.330 e. The molecule has 0 saturated heterocycles. The molecule has 0 saturated carbocycles. The van der Waals surface area contributed by atoms with Crippen LogP contribution in [0.1, 0.15) is 26.2 Å². The van der Waals surface area contributed by atoms with Gasteiger partial charge in [0.15, 0.2) is 0 Å². The van der Waals surface area contributed by atoms with Gasteiger partial charge in [-0.15, -0.1) is 0 Å². The van der Waals surface area contributed by atoms with Crippen LogP contribution < -0.4 is 16.8 Å². The van der Waals surface area contributed by atoms with Crippen molar-refractivity contribution < 1.29 is 0 Å². The third-order valence-corrected chi connectivity index (χ3v) is 1.48. The highest BCUT2D eigenvalue weighted by molar-refractivity contribution is 4.55. The fraction of sp³-hybridized carbons (Fsp3) is 1.00. The lowest BCUT2D eigenvalue weighted by molar-refractivity contribution is 0.500. The Kier molecular flexibility index (Phi) is 6.91. The summed E-state index contributed by atoms with van der Waals surface area (Å²) >= 11 is 0. The second-order valence-electron chi connectivity index (χ2n) is 2.46. The fourth-order valence-corrected chi connectivity index (χ4v) is 0.701. The molecule has 0 aromatic rings. The number of hydrogen-bond donors (Lipinski definition) is 3. The molecule has 0 radical (unpaired) electrons. The third-order valence-electron chi connectivity index (χ3n) is 1.48. The van der Waals surface area contributed by atoms with Crippen molar-refractivity contribution in [1.29, 1.82) is 0 Å². The van der Waals surface area contributed by atoms with Crippen LogP contribution in [0.25, 0.3) is 0 Å². The van der Waals surface area contributed by atoms with E-state index in [1.165, 1.54) is 0 Å². The van der Waals surface area contributed by atoms with Crippen LogP contribution >= 0.6 is 0 Å². The molecule has 0 fully saturated rings. The predicted octanol–water partition coefficient (Wildman–Crippen LogP) is 0.00970. The topological polar surface area (TPSA) is 64.1 Å². The molecule has 62 valence electrons. The summed E-state index contributed by atoms with van der Waals surface area (Å²) in [5.74, 6) is 0. The van der Waals surface area contributed by atoms with Crippen molar-refractivity contribution >= 4 is 0 Å². The van der Waals surface area contributed by atoms with E-state index in [-0.39, 0.29) is 6.17 Å². The molecule has 0 bridgehead atoms. The zero-order valence-corrected chi connectivity index (χ0v) is 6.77. The first-order valence-electron chi connectivity index (χ1n) is 4.00. The molecule has 10 heavy (non-hydrogen) atoms. The van der Waals surface area contributed by atoms with E-state index in [1.807, 2.05) is 0 Å². The Balaban J connectivity index is 2.89. The van der Waals surface area contributed by atoms with Gasteiger partial charge in [-0.1, -0.05) is 6.92 Å². The van der Waals surface area contributed by atoms with E-state index in [0.717, 1.165) is 32.4 Å². The average Bonchev–Trinajstić information content (AvgIpc) is 1.98. The van der Waals surface area contributed by atoms with Crippen molar-refractivity contribution in [3.05, 3.63) is 0 Å². The van der Waals surface area contributed by atoms with Gasteiger partial charge in [0.2, 0.25) is 0 Å². The number of unbranched alkanes of at least 4 members (excludes halogenated alkanes) is 1. The van der Waals surface area contributed by atoms with Crippen LogP contribution in [-0.2, 0) is 0 Å². The Labute approximate surface area is 63.2 Å². The lowest BCUT2D eigenvalue weighted by Crippen LogP contribution is -2.37. The van der Waals surface area contributed by atoms with E-state index < -0.39 is 0 Å². The van der Waals surface area contributed by atoms with E-state index in [9.17, 15) is 0 Å². The van der Waals surface area contributed by atoms with Gasteiger partial charge >= 0.3 is 0 Å². The fourth-order valence-electron chi connectivity index (χ4n) is 0.701. The number of hydrogen-bond acceptors (Lipinski definition) is 3. The Morgan fingerprint density at radius 3 is 2.60 bits per heavy atom. The Hall–Kier alpha value is -0.120. The highest BCUT2D eigenvalue weighted by Gasteiger charge is 1.94. The Morgan fingerprint density at radius 1 is 1.40 bits per heavy atom. The van der Waals surface area contributed by atoms with Gasteiger partial charge in [-0.2, -0.15) is 0 Å². The van der Waals surface area contributed by atoms with Crippen molar-refractivity contribution in [2.45, 2.75) is 32.4 Å². The summed E-state index contributed by atoms with van der Waals surface area (Å²) in [7, 11) is 0. The third kappa shape index (κ3) is 6.01. The molecule has 0 aromatic carbocycles. The van der Waals surface area contributed by atoms with Crippen molar-refractivity contribution in [3.63, 3.8) is 0 Å². The lowest BCUT2D eigenvalue weighted by atomic mass is 10.3. The maximum absolute atomic E-state index is 5.61. The highest BCUT2D eigenvalue weighted by Crippen LogP contribution is 1.85. The van der Waals surface area contributed by atoms with Gasteiger partial charge in [0, 0.05) is 0 Å².